The number of hydrogen-bond acceptors (Lipinski definition) is 2. The second-order valence-corrected chi connectivity index (χ2v) is 4.40. The number of Topliss-reactive ketones (excluding diaryl/α,β-unsaturated/α-hetero) is 1. The molecule has 1 aromatic rings. The van der Waals surface area contributed by atoms with E-state index in [0.717, 1.165) is 18.4 Å². The SMILES string of the molecule is CC1=NC(CC(=O)c2ccccc2)CCC1. The molecule has 0 bridgehead atoms. The van der Waals surface area contributed by atoms with Gasteiger partial charge in [0.25, 0.3) is 0 Å². The lowest BCUT2D eigenvalue weighted by Crippen LogP contribution is -2.17. The van der Waals surface area contributed by atoms with Gasteiger partial charge in [0.15, 0.2) is 5.78 Å². The smallest absolute Gasteiger partial charge is 0.165 e. The third-order valence-corrected chi connectivity index (χ3v) is 3.00. The molecular formula is C14H17NO. The average molecular weight is 215 g/mol. The highest BCUT2D eigenvalue weighted by Crippen LogP contribution is 2.18. The largest absolute Gasteiger partial charge is 0.294 e. The molecule has 0 aliphatic carbocycles. The highest BCUT2D eigenvalue weighted by Gasteiger charge is 2.17. The first-order valence-corrected chi connectivity index (χ1v) is 5.87. The van der Waals surface area contributed by atoms with Gasteiger partial charge in [0.2, 0.25) is 0 Å². The van der Waals surface area contributed by atoms with Crippen molar-refractivity contribution in [1.82, 2.24) is 0 Å². The maximum absolute atomic E-state index is 12.0. The Morgan fingerprint density at radius 3 is 2.81 bits per heavy atom. The van der Waals surface area contributed by atoms with E-state index in [1.165, 1.54) is 12.1 Å². The molecule has 0 fully saturated rings. The number of benzene rings is 1. The van der Waals surface area contributed by atoms with Crippen LogP contribution in [0.4, 0.5) is 0 Å². The molecule has 0 saturated carbocycles. The normalized spacial score (nSPS) is 20.3. The highest BCUT2D eigenvalue weighted by atomic mass is 16.1. The molecule has 2 rings (SSSR count). The van der Waals surface area contributed by atoms with E-state index >= 15 is 0 Å². The van der Waals surface area contributed by atoms with Crippen LogP contribution < -0.4 is 0 Å². The standard InChI is InChI=1S/C14H17NO/c1-11-6-5-9-13(15-11)10-14(16)12-7-3-2-4-8-12/h2-4,7-8,13H,5-6,9-10H2,1H3. The van der Waals surface area contributed by atoms with E-state index in [9.17, 15) is 4.79 Å². The van der Waals surface area contributed by atoms with E-state index in [4.69, 9.17) is 0 Å². The summed E-state index contributed by atoms with van der Waals surface area (Å²) in [5.41, 5.74) is 2.00. The molecule has 16 heavy (non-hydrogen) atoms. The first kappa shape index (κ1) is 11.1. The number of rotatable bonds is 3. The minimum atomic E-state index is 0.210. The Morgan fingerprint density at radius 1 is 1.38 bits per heavy atom. The van der Waals surface area contributed by atoms with Crippen molar-refractivity contribution in [2.75, 3.05) is 0 Å². The molecule has 2 heteroatoms. The molecule has 1 aliphatic rings. The molecule has 84 valence electrons. The van der Waals surface area contributed by atoms with Gasteiger partial charge >= 0.3 is 0 Å². The summed E-state index contributed by atoms with van der Waals surface area (Å²) in [5, 5.41) is 0. The fraction of sp³-hybridized carbons (Fsp3) is 0.429. The fourth-order valence-corrected chi connectivity index (χ4v) is 2.14. The van der Waals surface area contributed by atoms with Gasteiger partial charge in [-0.05, 0) is 26.2 Å². The van der Waals surface area contributed by atoms with Gasteiger partial charge in [-0.15, -0.1) is 0 Å². The van der Waals surface area contributed by atoms with Crippen LogP contribution >= 0.6 is 0 Å². The Kier molecular flexibility index (Phi) is 3.50. The van der Waals surface area contributed by atoms with Gasteiger partial charge in [0, 0.05) is 17.7 Å². The third kappa shape index (κ3) is 2.78. The second kappa shape index (κ2) is 5.06. The molecular weight excluding hydrogens is 198 g/mol. The zero-order valence-electron chi connectivity index (χ0n) is 9.65. The summed E-state index contributed by atoms with van der Waals surface area (Å²) in [6.45, 7) is 2.05. The molecule has 0 saturated heterocycles. The Hall–Kier alpha value is -1.44. The number of ketones is 1. The quantitative estimate of drug-likeness (QED) is 0.711. The van der Waals surface area contributed by atoms with Gasteiger partial charge < -0.3 is 0 Å². The van der Waals surface area contributed by atoms with E-state index in [2.05, 4.69) is 11.9 Å². The summed E-state index contributed by atoms with van der Waals surface area (Å²) >= 11 is 0. The van der Waals surface area contributed by atoms with Crippen LogP contribution in [0.25, 0.3) is 0 Å². The van der Waals surface area contributed by atoms with E-state index < -0.39 is 0 Å². The lowest BCUT2D eigenvalue weighted by Gasteiger charge is -2.17. The van der Waals surface area contributed by atoms with Crippen molar-refractivity contribution in [3.05, 3.63) is 35.9 Å². The topological polar surface area (TPSA) is 29.4 Å². The Bertz CT molecular complexity index is 394. The number of carbonyl (C=O) groups excluding carboxylic acids is 1. The number of nitrogens with zero attached hydrogens (tertiary/aromatic N) is 1. The summed E-state index contributed by atoms with van der Waals surface area (Å²) < 4.78 is 0. The minimum absolute atomic E-state index is 0.210. The van der Waals surface area contributed by atoms with Crippen molar-refractivity contribution in [2.45, 2.75) is 38.6 Å². The molecule has 1 atom stereocenters. The third-order valence-electron chi connectivity index (χ3n) is 3.00. The molecule has 1 unspecified atom stereocenters. The summed E-state index contributed by atoms with van der Waals surface area (Å²) in [7, 11) is 0. The predicted molar refractivity (Wildman–Crippen MR) is 66.1 cm³/mol. The molecule has 1 aliphatic heterocycles. The van der Waals surface area contributed by atoms with Crippen LogP contribution in [0.5, 0.6) is 0 Å². The van der Waals surface area contributed by atoms with Gasteiger partial charge in [-0.1, -0.05) is 30.3 Å². The van der Waals surface area contributed by atoms with Crippen molar-refractivity contribution < 1.29 is 4.79 Å². The van der Waals surface area contributed by atoms with Crippen molar-refractivity contribution in [3.8, 4) is 0 Å². The molecule has 0 radical (unpaired) electrons. The van der Waals surface area contributed by atoms with Crippen molar-refractivity contribution in [2.24, 2.45) is 4.99 Å². The van der Waals surface area contributed by atoms with Crippen molar-refractivity contribution in [3.63, 3.8) is 0 Å². The average Bonchev–Trinajstić information content (AvgIpc) is 2.30. The first-order chi connectivity index (χ1) is 7.75. The molecule has 1 aromatic carbocycles. The van der Waals surface area contributed by atoms with E-state index in [1.807, 2.05) is 30.3 Å². The van der Waals surface area contributed by atoms with Gasteiger partial charge in [-0.2, -0.15) is 0 Å². The van der Waals surface area contributed by atoms with Gasteiger partial charge in [-0.3, -0.25) is 9.79 Å². The van der Waals surface area contributed by atoms with Crippen LogP contribution in [0.15, 0.2) is 35.3 Å². The van der Waals surface area contributed by atoms with Crippen molar-refractivity contribution in [1.29, 1.82) is 0 Å². The van der Waals surface area contributed by atoms with Crippen LogP contribution in [0.2, 0.25) is 0 Å². The van der Waals surface area contributed by atoms with Crippen LogP contribution in [0.1, 0.15) is 43.0 Å². The Morgan fingerprint density at radius 2 is 2.12 bits per heavy atom. The molecule has 2 nitrogen and oxygen atoms in total. The Balaban J connectivity index is 2.00. The minimum Gasteiger partial charge on any atom is -0.294 e. The van der Waals surface area contributed by atoms with Gasteiger partial charge in [0.05, 0.1) is 6.04 Å². The number of aliphatic imine (C=N–C) groups is 1. The maximum atomic E-state index is 12.0. The lowest BCUT2D eigenvalue weighted by atomic mass is 9.97. The fourth-order valence-electron chi connectivity index (χ4n) is 2.14. The van der Waals surface area contributed by atoms with Crippen LogP contribution in [0, 0.1) is 0 Å². The summed E-state index contributed by atoms with van der Waals surface area (Å²) in [5.74, 6) is 0.212. The van der Waals surface area contributed by atoms with Crippen LogP contribution in [0.3, 0.4) is 0 Å². The summed E-state index contributed by atoms with van der Waals surface area (Å²) in [6, 6.07) is 9.70. The highest BCUT2D eigenvalue weighted by molar-refractivity contribution is 5.96. The molecule has 0 amide bonds. The van der Waals surface area contributed by atoms with Gasteiger partial charge in [-0.25, -0.2) is 0 Å². The predicted octanol–water partition coefficient (Wildman–Crippen LogP) is 3.27. The molecule has 0 N–H and O–H groups in total. The van der Waals surface area contributed by atoms with Crippen LogP contribution in [-0.2, 0) is 0 Å². The van der Waals surface area contributed by atoms with Crippen LogP contribution in [-0.4, -0.2) is 17.5 Å². The number of carbonyl (C=O) groups is 1. The van der Waals surface area contributed by atoms with E-state index in [1.54, 1.807) is 0 Å². The van der Waals surface area contributed by atoms with E-state index in [0.29, 0.717) is 6.42 Å². The first-order valence-electron chi connectivity index (χ1n) is 5.87. The second-order valence-electron chi connectivity index (χ2n) is 4.40. The van der Waals surface area contributed by atoms with Gasteiger partial charge in [0.1, 0.15) is 0 Å². The lowest BCUT2D eigenvalue weighted by molar-refractivity contribution is 0.0973. The molecule has 0 spiro atoms. The Labute approximate surface area is 96.4 Å². The maximum Gasteiger partial charge on any atom is 0.165 e. The summed E-state index contributed by atoms with van der Waals surface area (Å²) in [4.78, 5) is 16.5. The summed E-state index contributed by atoms with van der Waals surface area (Å²) in [6.07, 6.45) is 3.87. The zero-order valence-corrected chi connectivity index (χ0v) is 9.65. The molecule has 1 heterocycles. The molecule has 0 aromatic heterocycles. The van der Waals surface area contributed by atoms with Crippen molar-refractivity contribution >= 4 is 11.5 Å². The van der Waals surface area contributed by atoms with E-state index in [-0.39, 0.29) is 11.8 Å². The monoisotopic (exact) mass is 215 g/mol. The number of hydrogen-bond donors (Lipinski definition) is 0. The zero-order chi connectivity index (χ0) is 11.4.